The Morgan fingerprint density at radius 1 is 1.40 bits per heavy atom. The fourth-order valence-electron chi connectivity index (χ4n) is 2.76. The van der Waals surface area contributed by atoms with Gasteiger partial charge in [-0.05, 0) is 31.6 Å². The molecule has 3 nitrogen and oxygen atoms in total. The molecule has 1 aliphatic carbocycles. The molecule has 2 aliphatic heterocycles. The van der Waals surface area contributed by atoms with E-state index in [0.29, 0.717) is 6.04 Å². The summed E-state index contributed by atoms with van der Waals surface area (Å²) in [4.78, 5) is 18.1. The van der Waals surface area contributed by atoms with Crippen molar-refractivity contribution in [3.8, 4) is 0 Å². The predicted molar refractivity (Wildman–Crippen MR) is 60.6 cm³/mol. The molecule has 0 spiro atoms. The molecule has 1 saturated carbocycles. The van der Waals surface area contributed by atoms with E-state index in [2.05, 4.69) is 9.88 Å². The Hall–Kier alpha value is -0.900. The fourth-order valence-corrected chi connectivity index (χ4v) is 3.58. The van der Waals surface area contributed by atoms with Crippen molar-refractivity contribution in [2.45, 2.75) is 31.7 Å². The van der Waals surface area contributed by atoms with E-state index >= 15 is 0 Å². The lowest BCUT2D eigenvalue weighted by atomic mass is 9.80. The molecule has 0 aromatic carbocycles. The van der Waals surface area contributed by atoms with Crippen LogP contribution in [0.2, 0.25) is 0 Å². The minimum Gasteiger partial charge on any atom is -0.345 e. The highest BCUT2D eigenvalue weighted by Crippen LogP contribution is 2.38. The van der Waals surface area contributed by atoms with Crippen molar-refractivity contribution in [1.29, 1.82) is 0 Å². The number of hydrogen-bond donors (Lipinski definition) is 0. The number of carbonyl (C=O) groups is 1. The summed E-state index contributed by atoms with van der Waals surface area (Å²) in [6.45, 7) is 1.15. The van der Waals surface area contributed by atoms with E-state index in [0.717, 1.165) is 28.8 Å². The van der Waals surface area contributed by atoms with E-state index in [4.69, 9.17) is 0 Å². The molecule has 0 amide bonds. The smallest absolute Gasteiger partial charge is 0.186 e. The largest absolute Gasteiger partial charge is 0.345 e. The van der Waals surface area contributed by atoms with E-state index < -0.39 is 0 Å². The number of anilines is 1. The van der Waals surface area contributed by atoms with Crippen LogP contribution in [0.5, 0.6) is 0 Å². The summed E-state index contributed by atoms with van der Waals surface area (Å²) in [6, 6.07) is 0.681. The van der Waals surface area contributed by atoms with E-state index in [1.807, 2.05) is 0 Å². The Bertz CT molecular complexity index is 368. The molecular weight excluding hydrogens is 208 g/mol. The number of aromatic nitrogens is 1. The number of aldehydes is 1. The Labute approximate surface area is 93.1 Å². The van der Waals surface area contributed by atoms with Gasteiger partial charge in [0.1, 0.15) is 0 Å². The average molecular weight is 222 g/mol. The first kappa shape index (κ1) is 9.33. The number of nitrogens with zero attached hydrogens (tertiary/aromatic N) is 2. The standard InChI is InChI=1S/C11H14N2OS/c14-7-10-5-12-11(15-10)13-6-8-1-3-9(13)4-2-8/h5,7-9H,1-4,6H2. The summed E-state index contributed by atoms with van der Waals surface area (Å²) in [6.07, 6.45) is 7.96. The highest BCUT2D eigenvalue weighted by atomic mass is 32.1. The highest BCUT2D eigenvalue weighted by molar-refractivity contribution is 7.17. The van der Waals surface area contributed by atoms with Crippen LogP contribution in [0.3, 0.4) is 0 Å². The number of carbonyl (C=O) groups excluding carboxylic acids is 1. The third kappa shape index (κ3) is 1.57. The van der Waals surface area contributed by atoms with Gasteiger partial charge in [-0.25, -0.2) is 4.98 Å². The molecule has 80 valence electrons. The molecular formula is C11H14N2OS. The second-order valence-corrected chi connectivity index (χ2v) is 5.53. The molecule has 0 N–H and O–H groups in total. The molecule has 0 atom stereocenters. The topological polar surface area (TPSA) is 33.2 Å². The van der Waals surface area contributed by atoms with Crippen molar-refractivity contribution in [3.05, 3.63) is 11.1 Å². The van der Waals surface area contributed by atoms with Crippen molar-refractivity contribution in [2.24, 2.45) is 5.92 Å². The van der Waals surface area contributed by atoms with E-state index in [1.54, 1.807) is 6.20 Å². The number of fused-ring (bicyclic) bond motifs is 3. The molecule has 15 heavy (non-hydrogen) atoms. The van der Waals surface area contributed by atoms with E-state index in [9.17, 15) is 4.79 Å². The maximum atomic E-state index is 10.6. The van der Waals surface area contributed by atoms with Gasteiger partial charge in [0.15, 0.2) is 11.4 Å². The molecule has 0 radical (unpaired) electrons. The Balaban J connectivity index is 1.84. The molecule has 3 fully saturated rings. The molecule has 1 aromatic rings. The molecule has 2 saturated heterocycles. The van der Waals surface area contributed by atoms with Gasteiger partial charge in [0, 0.05) is 12.6 Å². The summed E-state index contributed by atoms with van der Waals surface area (Å²) in [5.41, 5.74) is 0. The summed E-state index contributed by atoms with van der Waals surface area (Å²) < 4.78 is 0. The lowest BCUT2D eigenvalue weighted by Crippen LogP contribution is -2.48. The van der Waals surface area contributed by atoms with E-state index in [-0.39, 0.29) is 0 Å². The van der Waals surface area contributed by atoms with Crippen LogP contribution in [-0.4, -0.2) is 23.9 Å². The van der Waals surface area contributed by atoms with Crippen molar-refractivity contribution in [1.82, 2.24) is 4.98 Å². The zero-order chi connectivity index (χ0) is 10.3. The zero-order valence-electron chi connectivity index (χ0n) is 8.56. The molecule has 4 heteroatoms. The van der Waals surface area contributed by atoms with Gasteiger partial charge in [-0.1, -0.05) is 11.3 Å². The Morgan fingerprint density at radius 2 is 2.20 bits per heavy atom. The zero-order valence-corrected chi connectivity index (χ0v) is 9.37. The molecule has 3 aliphatic rings. The highest BCUT2D eigenvalue weighted by Gasteiger charge is 2.34. The van der Waals surface area contributed by atoms with Gasteiger partial charge in [-0.2, -0.15) is 0 Å². The summed E-state index contributed by atoms with van der Waals surface area (Å²) in [5, 5.41) is 1.05. The maximum Gasteiger partial charge on any atom is 0.186 e. The van der Waals surface area contributed by atoms with Crippen LogP contribution in [0.25, 0.3) is 0 Å². The Kier molecular flexibility index (Phi) is 2.24. The first-order chi connectivity index (χ1) is 7.36. The van der Waals surface area contributed by atoms with Crippen LogP contribution < -0.4 is 4.90 Å². The first-order valence-corrected chi connectivity index (χ1v) is 6.36. The number of hydrogen-bond acceptors (Lipinski definition) is 4. The molecule has 0 unspecified atom stereocenters. The van der Waals surface area contributed by atoms with Gasteiger partial charge in [0.2, 0.25) is 0 Å². The van der Waals surface area contributed by atoms with Crippen molar-refractivity contribution in [2.75, 3.05) is 11.4 Å². The van der Waals surface area contributed by atoms with Gasteiger partial charge in [0.25, 0.3) is 0 Å². The van der Waals surface area contributed by atoms with Crippen LogP contribution in [0.15, 0.2) is 6.20 Å². The minimum atomic E-state index is 0.681. The van der Waals surface area contributed by atoms with Gasteiger partial charge >= 0.3 is 0 Å². The lowest BCUT2D eigenvalue weighted by Gasteiger charge is -2.45. The van der Waals surface area contributed by atoms with Crippen LogP contribution in [0, 0.1) is 5.92 Å². The number of piperidine rings is 2. The Morgan fingerprint density at radius 3 is 2.73 bits per heavy atom. The number of rotatable bonds is 2. The maximum absolute atomic E-state index is 10.6. The van der Waals surface area contributed by atoms with Gasteiger partial charge < -0.3 is 4.90 Å². The third-order valence-electron chi connectivity index (χ3n) is 3.59. The van der Waals surface area contributed by atoms with Crippen LogP contribution in [0.4, 0.5) is 5.13 Å². The van der Waals surface area contributed by atoms with Crippen molar-refractivity contribution < 1.29 is 4.79 Å². The SMILES string of the molecule is O=Cc1cnc(N2CC3CCC2CC3)s1. The summed E-state index contributed by atoms with van der Waals surface area (Å²) >= 11 is 1.53. The van der Waals surface area contributed by atoms with Crippen LogP contribution >= 0.6 is 11.3 Å². The van der Waals surface area contributed by atoms with Crippen LogP contribution in [0.1, 0.15) is 35.4 Å². The summed E-state index contributed by atoms with van der Waals surface area (Å²) in [5.74, 6) is 0.860. The molecule has 2 bridgehead atoms. The van der Waals surface area contributed by atoms with E-state index in [1.165, 1.54) is 37.0 Å². The normalized spacial score (nSPS) is 29.5. The monoisotopic (exact) mass is 222 g/mol. The predicted octanol–water partition coefficient (Wildman–Crippen LogP) is 2.33. The second kappa shape index (κ2) is 3.59. The molecule has 1 aromatic heterocycles. The van der Waals surface area contributed by atoms with Gasteiger partial charge in [0.05, 0.1) is 11.1 Å². The second-order valence-electron chi connectivity index (χ2n) is 4.49. The van der Waals surface area contributed by atoms with Gasteiger partial charge in [-0.3, -0.25) is 4.79 Å². The molecule has 4 rings (SSSR count). The quantitative estimate of drug-likeness (QED) is 0.720. The molecule has 3 heterocycles. The summed E-state index contributed by atoms with van der Waals surface area (Å²) in [7, 11) is 0. The average Bonchev–Trinajstić information content (AvgIpc) is 2.79. The van der Waals surface area contributed by atoms with Crippen molar-refractivity contribution >= 4 is 22.8 Å². The third-order valence-corrected chi connectivity index (χ3v) is 4.54. The first-order valence-electron chi connectivity index (χ1n) is 5.54. The van der Waals surface area contributed by atoms with Crippen LogP contribution in [-0.2, 0) is 0 Å². The van der Waals surface area contributed by atoms with Gasteiger partial charge in [-0.15, -0.1) is 0 Å². The fraction of sp³-hybridized carbons (Fsp3) is 0.636. The van der Waals surface area contributed by atoms with Crippen molar-refractivity contribution in [3.63, 3.8) is 0 Å². The number of thiazole rings is 1. The minimum absolute atomic E-state index is 0.681. The lowest BCUT2D eigenvalue weighted by molar-refractivity contribution is 0.112.